The van der Waals surface area contributed by atoms with E-state index in [1.54, 1.807) is 10.6 Å². The average Bonchev–Trinajstić information content (AvgIpc) is 3.46. The average molecular weight is 414 g/mol. The van der Waals surface area contributed by atoms with Crippen LogP contribution >= 0.6 is 0 Å². The Kier molecular flexibility index (Phi) is 5.00. The van der Waals surface area contributed by atoms with Crippen LogP contribution in [-0.2, 0) is 0 Å². The molecule has 4 N–H and O–H groups in total. The van der Waals surface area contributed by atoms with Crippen molar-refractivity contribution in [2.45, 2.75) is 31.3 Å². The van der Waals surface area contributed by atoms with Crippen molar-refractivity contribution < 1.29 is 13.9 Å². The van der Waals surface area contributed by atoms with Crippen LogP contribution in [0.1, 0.15) is 30.7 Å². The molecule has 30 heavy (non-hydrogen) atoms. The number of benzene rings is 1. The zero-order valence-electron chi connectivity index (χ0n) is 16.4. The summed E-state index contributed by atoms with van der Waals surface area (Å²) < 4.78 is 29.0. The van der Waals surface area contributed by atoms with Gasteiger partial charge in [0.2, 0.25) is 0 Å². The van der Waals surface area contributed by atoms with E-state index in [4.69, 9.17) is 4.98 Å². The molecule has 1 aliphatic carbocycles. The van der Waals surface area contributed by atoms with Gasteiger partial charge in [-0.1, -0.05) is 0 Å². The van der Waals surface area contributed by atoms with E-state index in [0.29, 0.717) is 36.3 Å². The Balaban J connectivity index is 1.47. The van der Waals surface area contributed by atoms with E-state index in [-0.39, 0.29) is 5.92 Å². The molecule has 0 bridgehead atoms. The van der Waals surface area contributed by atoms with Gasteiger partial charge in [-0.2, -0.15) is 9.61 Å². The molecule has 1 saturated carbocycles. The fourth-order valence-electron chi connectivity index (χ4n) is 3.99. The van der Waals surface area contributed by atoms with Crippen LogP contribution < -0.4 is 16.0 Å². The Morgan fingerprint density at radius 2 is 1.93 bits per heavy atom. The Labute approximate surface area is 172 Å². The fraction of sp³-hybridized carbons (Fsp3) is 0.429. The molecule has 1 aliphatic heterocycles. The monoisotopic (exact) mass is 414 g/mol. The minimum absolute atomic E-state index is 0.130. The summed E-state index contributed by atoms with van der Waals surface area (Å²) in [4.78, 5) is 4.75. The van der Waals surface area contributed by atoms with Gasteiger partial charge in [0, 0.05) is 42.4 Å². The number of hydrogen-bond acceptors (Lipinski definition) is 6. The smallest absolute Gasteiger partial charge is 0.163 e. The summed E-state index contributed by atoms with van der Waals surface area (Å²) >= 11 is 0. The molecule has 2 aliphatic rings. The number of rotatable bonds is 6. The highest BCUT2D eigenvalue weighted by Gasteiger charge is 2.28. The van der Waals surface area contributed by atoms with Crippen molar-refractivity contribution in [1.82, 2.24) is 19.9 Å². The van der Waals surface area contributed by atoms with E-state index in [9.17, 15) is 13.9 Å². The van der Waals surface area contributed by atoms with E-state index in [0.717, 1.165) is 43.1 Å². The second-order valence-electron chi connectivity index (χ2n) is 8.12. The summed E-state index contributed by atoms with van der Waals surface area (Å²) in [5, 5.41) is 24.2. The number of anilines is 3. The summed E-state index contributed by atoms with van der Waals surface area (Å²) in [5.41, 5.74) is 2.10. The Morgan fingerprint density at radius 1 is 1.13 bits per heavy atom. The maximum Gasteiger partial charge on any atom is 0.163 e. The van der Waals surface area contributed by atoms with Gasteiger partial charge in [-0.15, -0.1) is 0 Å². The second kappa shape index (κ2) is 7.81. The third kappa shape index (κ3) is 3.95. The molecule has 2 fully saturated rings. The topological polar surface area (TPSA) is 86.5 Å². The minimum atomic E-state index is -0.653. The fourth-order valence-corrected chi connectivity index (χ4v) is 3.99. The number of nitrogens with one attached hydrogen (secondary N) is 3. The summed E-state index contributed by atoms with van der Waals surface area (Å²) in [6.45, 7) is 2.06. The zero-order valence-corrected chi connectivity index (χ0v) is 16.4. The number of β-amino-alcohol motifs (C(OH)–C–C–N with tert-alkyl or cyclic N) is 1. The minimum Gasteiger partial charge on any atom is -0.391 e. The molecule has 1 saturated heterocycles. The first-order valence-electron chi connectivity index (χ1n) is 10.3. The molecule has 5 rings (SSSR count). The van der Waals surface area contributed by atoms with Crippen molar-refractivity contribution in [2.75, 3.05) is 30.3 Å². The number of piperidine rings is 1. The summed E-state index contributed by atoms with van der Waals surface area (Å²) in [6, 6.07) is 5.08. The quantitative estimate of drug-likeness (QED) is 0.496. The van der Waals surface area contributed by atoms with Crippen molar-refractivity contribution in [3.8, 4) is 0 Å². The molecule has 3 heterocycles. The molecule has 0 radical (unpaired) electrons. The third-order valence-electron chi connectivity index (χ3n) is 5.79. The van der Waals surface area contributed by atoms with E-state index < -0.39 is 17.7 Å². The van der Waals surface area contributed by atoms with Gasteiger partial charge in [0.05, 0.1) is 12.3 Å². The molecule has 158 valence electrons. The van der Waals surface area contributed by atoms with Crippen LogP contribution in [0.5, 0.6) is 0 Å². The summed E-state index contributed by atoms with van der Waals surface area (Å²) in [7, 11) is 0. The highest BCUT2D eigenvalue weighted by Crippen LogP contribution is 2.42. The van der Waals surface area contributed by atoms with Crippen LogP contribution in [0, 0.1) is 17.6 Å². The predicted octanol–water partition coefficient (Wildman–Crippen LogP) is 3.01. The summed E-state index contributed by atoms with van der Waals surface area (Å²) in [5.74, 6) is 0.474. The van der Waals surface area contributed by atoms with Gasteiger partial charge in [-0.3, -0.25) is 0 Å². The lowest BCUT2D eigenvalue weighted by atomic mass is 9.95. The maximum absolute atomic E-state index is 13.6. The number of aromatic nitrogens is 3. The molecule has 0 amide bonds. The SMILES string of the molecule is O[C@H]1CNCC[C@@H]1CNc1cc(Nc2cc(F)cc(F)c2)n2ncc(C3CC3)c2n1. The molecule has 0 unspecified atom stereocenters. The number of nitrogens with zero attached hydrogens (tertiary/aromatic N) is 3. The Morgan fingerprint density at radius 3 is 2.67 bits per heavy atom. The van der Waals surface area contributed by atoms with Gasteiger partial charge in [0.15, 0.2) is 5.65 Å². The molecular formula is C21H24F2N6O. The van der Waals surface area contributed by atoms with Crippen molar-refractivity contribution in [3.05, 3.63) is 47.7 Å². The predicted molar refractivity (Wildman–Crippen MR) is 110 cm³/mol. The normalized spacial score (nSPS) is 21.7. The number of aliphatic hydroxyl groups excluding tert-OH is 1. The van der Waals surface area contributed by atoms with E-state index >= 15 is 0 Å². The molecule has 2 atom stereocenters. The van der Waals surface area contributed by atoms with Gasteiger partial charge >= 0.3 is 0 Å². The highest BCUT2D eigenvalue weighted by atomic mass is 19.1. The van der Waals surface area contributed by atoms with E-state index in [1.165, 1.54) is 12.1 Å². The largest absolute Gasteiger partial charge is 0.391 e. The van der Waals surface area contributed by atoms with Crippen molar-refractivity contribution in [2.24, 2.45) is 5.92 Å². The number of fused-ring (bicyclic) bond motifs is 1. The molecule has 0 spiro atoms. The lowest BCUT2D eigenvalue weighted by molar-refractivity contribution is 0.0883. The molecule has 7 nitrogen and oxygen atoms in total. The van der Waals surface area contributed by atoms with Crippen molar-refractivity contribution in [1.29, 1.82) is 0 Å². The highest BCUT2D eigenvalue weighted by molar-refractivity contribution is 5.66. The maximum atomic E-state index is 13.6. The number of aliphatic hydroxyl groups is 1. The first kappa shape index (κ1) is 19.2. The van der Waals surface area contributed by atoms with Gasteiger partial charge in [-0.25, -0.2) is 13.8 Å². The van der Waals surface area contributed by atoms with Gasteiger partial charge < -0.3 is 21.1 Å². The van der Waals surface area contributed by atoms with Gasteiger partial charge in [-0.05, 0) is 43.9 Å². The van der Waals surface area contributed by atoms with Gasteiger partial charge in [0.25, 0.3) is 0 Å². The first-order chi connectivity index (χ1) is 14.6. The number of halogens is 2. The van der Waals surface area contributed by atoms with Crippen LogP contribution in [-0.4, -0.2) is 45.4 Å². The van der Waals surface area contributed by atoms with E-state index in [1.807, 2.05) is 6.20 Å². The molecule has 3 aromatic rings. The van der Waals surface area contributed by atoms with Crippen LogP contribution in [0.4, 0.5) is 26.1 Å². The lowest BCUT2D eigenvalue weighted by Gasteiger charge is -2.28. The summed E-state index contributed by atoms with van der Waals surface area (Å²) in [6.07, 6.45) is 4.52. The molecule has 2 aromatic heterocycles. The van der Waals surface area contributed by atoms with Crippen LogP contribution in [0.25, 0.3) is 5.65 Å². The zero-order chi connectivity index (χ0) is 20.7. The molecule has 9 heteroatoms. The molecular weight excluding hydrogens is 390 g/mol. The second-order valence-corrected chi connectivity index (χ2v) is 8.12. The molecule has 1 aromatic carbocycles. The van der Waals surface area contributed by atoms with Crippen LogP contribution in [0.15, 0.2) is 30.5 Å². The Bertz CT molecular complexity index is 1050. The first-order valence-corrected chi connectivity index (χ1v) is 10.3. The third-order valence-corrected chi connectivity index (χ3v) is 5.79. The van der Waals surface area contributed by atoms with Gasteiger partial charge in [0.1, 0.15) is 23.3 Å². The Hall–Kier alpha value is -2.78. The lowest BCUT2D eigenvalue weighted by Crippen LogP contribution is -2.43. The van der Waals surface area contributed by atoms with Crippen LogP contribution in [0.3, 0.4) is 0 Å². The van der Waals surface area contributed by atoms with Crippen LogP contribution in [0.2, 0.25) is 0 Å². The van der Waals surface area contributed by atoms with E-state index in [2.05, 4.69) is 21.0 Å². The number of hydrogen-bond donors (Lipinski definition) is 4. The standard InChI is InChI=1S/C21H24F2N6O/c22-14-5-15(23)7-16(6-14)27-20-8-19(25-9-13-3-4-24-11-18(13)30)28-21-17(12-1-2-12)10-26-29(20)21/h5-8,10,12-13,18,24,27,30H,1-4,9,11H2,(H,25,28)/t13-,18+/m1/s1. The van der Waals surface area contributed by atoms with Crippen molar-refractivity contribution >= 4 is 23.0 Å². The van der Waals surface area contributed by atoms with Crippen molar-refractivity contribution in [3.63, 3.8) is 0 Å².